The molecule has 0 radical (unpaired) electrons. The van der Waals surface area contributed by atoms with Gasteiger partial charge in [0.15, 0.2) is 18.6 Å². The van der Waals surface area contributed by atoms with Crippen LogP contribution in [-0.4, -0.2) is 0 Å². The first-order valence-electron chi connectivity index (χ1n) is 14.7. The van der Waals surface area contributed by atoms with E-state index in [1.165, 1.54) is 81.1 Å². The van der Waals surface area contributed by atoms with E-state index in [1.807, 2.05) is 0 Å². The molecule has 0 bridgehead atoms. The van der Waals surface area contributed by atoms with Crippen LogP contribution in [0.2, 0.25) is 0 Å². The monoisotopic (exact) mass is 512 g/mol. The number of nitrogens with zero attached hydrogens (tertiary/aromatic N) is 2. The van der Waals surface area contributed by atoms with Crippen molar-refractivity contribution in [1.82, 2.24) is 0 Å². The van der Waals surface area contributed by atoms with Crippen LogP contribution >= 0.6 is 0 Å². The van der Waals surface area contributed by atoms with E-state index in [0.717, 1.165) is 13.1 Å². The first-order valence-corrected chi connectivity index (χ1v) is 14.7. The summed E-state index contributed by atoms with van der Waals surface area (Å²) in [5, 5.41) is 1.37. The van der Waals surface area contributed by atoms with Gasteiger partial charge in [0.05, 0.1) is 10.9 Å². The number of hydrogen-bond acceptors (Lipinski definition) is 0. The molecular formula is C37H40N2+2. The fourth-order valence-corrected chi connectivity index (χ4v) is 6.36. The molecule has 2 nitrogen and oxygen atoms in total. The molecule has 196 valence electrons. The molecule has 39 heavy (non-hydrogen) atoms. The number of unbranched alkanes of at least 4 members (excludes halogenated alkanes) is 2. The first kappa shape index (κ1) is 25.5. The molecule has 0 N–H and O–H groups in total. The van der Waals surface area contributed by atoms with Crippen LogP contribution in [0.25, 0.3) is 44.3 Å². The van der Waals surface area contributed by atoms with Gasteiger partial charge in [0.25, 0.3) is 0 Å². The van der Waals surface area contributed by atoms with Gasteiger partial charge in [-0.05, 0) is 34.4 Å². The molecule has 2 heterocycles. The van der Waals surface area contributed by atoms with Gasteiger partial charge in [0, 0.05) is 47.1 Å². The Morgan fingerprint density at radius 1 is 0.641 bits per heavy atom. The summed E-state index contributed by atoms with van der Waals surface area (Å²) in [4.78, 5) is 0. The summed E-state index contributed by atoms with van der Waals surface area (Å²) in [6.07, 6.45) is 11.8. The Morgan fingerprint density at radius 3 is 2.18 bits per heavy atom. The number of benzene rings is 3. The summed E-state index contributed by atoms with van der Waals surface area (Å²) >= 11 is 0. The van der Waals surface area contributed by atoms with Gasteiger partial charge < -0.3 is 0 Å². The summed E-state index contributed by atoms with van der Waals surface area (Å²) in [7, 11) is 0. The minimum Gasteiger partial charge on any atom is -0.204 e. The minimum atomic E-state index is -0.0681. The number of rotatable bonds is 8. The van der Waals surface area contributed by atoms with Crippen molar-refractivity contribution in [3.8, 4) is 33.4 Å². The van der Waals surface area contributed by atoms with Crippen LogP contribution in [0.15, 0.2) is 97.5 Å². The van der Waals surface area contributed by atoms with Crippen LogP contribution in [0.1, 0.15) is 64.5 Å². The average molecular weight is 513 g/mol. The summed E-state index contributed by atoms with van der Waals surface area (Å²) in [5.41, 5.74) is 12.1. The summed E-state index contributed by atoms with van der Waals surface area (Å²) in [6, 6.07) is 29.3. The zero-order valence-corrected chi connectivity index (χ0v) is 23.9. The van der Waals surface area contributed by atoms with E-state index in [0.29, 0.717) is 0 Å². The highest BCUT2D eigenvalue weighted by atomic mass is 14.9. The van der Waals surface area contributed by atoms with Crippen molar-refractivity contribution in [1.29, 1.82) is 0 Å². The Hall–Kier alpha value is -3.78. The highest BCUT2D eigenvalue weighted by molar-refractivity contribution is 6.00. The highest BCUT2D eigenvalue weighted by Gasteiger charge is 2.40. The minimum absolute atomic E-state index is 0.0681. The fourth-order valence-electron chi connectivity index (χ4n) is 6.36. The smallest absolute Gasteiger partial charge is 0.204 e. The van der Waals surface area contributed by atoms with E-state index < -0.39 is 0 Å². The quantitative estimate of drug-likeness (QED) is 0.184. The molecule has 3 aromatic carbocycles. The Balaban J connectivity index is 1.52. The second-order valence-electron chi connectivity index (χ2n) is 11.6. The standard InChI is InChI=1S/C37H40N2/c1-5-7-21-38-23-20-29(32(25-38)27-14-10-9-11-15-27)28-18-19-30-33(24-28)37(3,4)34-26-39(22-8-6-2)35-17-13-12-16-31(35)36(30)34/h9-20,23-26H,5-8,21-22H2,1-4H3/q+2. The molecule has 0 amide bonds. The number of aryl methyl sites for hydroxylation is 2. The van der Waals surface area contributed by atoms with Gasteiger partial charge in [-0.2, -0.15) is 4.57 Å². The van der Waals surface area contributed by atoms with Crippen molar-refractivity contribution in [2.75, 3.05) is 0 Å². The number of para-hydroxylation sites is 1. The van der Waals surface area contributed by atoms with Crippen LogP contribution in [0, 0.1) is 0 Å². The zero-order chi connectivity index (χ0) is 27.0. The first-order chi connectivity index (χ1) is 19.0. The number of aromatic nitrogens is 2. The topological polar surface area (TPSA) is 7.76 Å². The van der Waals surface area contributed by atoms with Gasteiger partial charge >= 0.3 is 0 Å². The molecule has 6 rings (SSSR count). The van der Waals surface area contributed by atoms with Crippen molar-refractivity contribution in [2.45, 2.75) is 71.9 Å². The Bertz CT molecular complexity index is 1650. The molecule has 1 aliphatic rings. The van der Waals surface area contributed by atoms with E-state index >= 15 is 0 Å². The molecule has 0 aliphatic heterocycles. The van der Waals surface area contributed by atoms with E-state index in [4.69, 9.17) is 0 Å². The Morgan fingerprint density at radius 2 is 1.38 bits per heavy atom. The maximum Gasteiger partial charge on any atom is 0.213 e. The molecule has 2 aromatic heterocycles. The Labute approximate surface area is 233 Å². The van der Waals surface area contributed by atoms with E-state index in [-0.39, 0.29) is 5.41 Å². The third kappa shape index (κ3) is 4.46. The molecule has 2 heteroatoms. The Kier molecular flexibility index (Phi) is 6.81. The molecule has 0 spiro atoms. The number of pyridine rings is 2. The third-order valence-corrected chi connectivity index (χ3v) is 8.61. The SMILES string of the molecule is CCCC[n+]1ccc(-c2ccc3c(c2)C(C)(C)c2c[n+](CCCC)c4ccccc4c2-3)c(-c2ccccc2)c1. The van der Waals surface area contributed by atoms with Gasteiger partial charge in [-0.1, -0.05) is 95.1 Å². The number of hydrogen-bond donors (Lipinski definition) is 0. The average Bonchev–Trinajstić information content (AvgIpc) is 3.21. The lowest BCUT2D eigenvalue weighted by Crippen LogP contribution is -2.36. The van der Waals surface area contributed by atoms with Gasteiger partial charge in [-0.15, -0.1) is 0 Å². The molecule has 0 saturated carbocycles. The predicted octanol–water partition coefficient (Wildman–Crippen LogP) is 8.66. The van der Waals surface area contributed by atoms with Crippen LogP contribution in [0.5, 0.6) is 0 Å². The predicted molar refractivity (Wildman–Crippen MR) is 163 cm³/mol. The molecule has 0 unspecified atom stereocenters. The second kappa shape index (κ2) is 10.4. The van der Waals surface area contributed by atoms with Gasteiger partial charge in [-0.25, -0.2) is 4.57 Å². The fraction of sp³-hybridized carbons (Fsp3) is 0.297. The molecule has 0 saturated heterocycles. The summed E-state index contributed by atoms with van der Waals surface area (Å²) < 4.78 is 4.84. The van der Waals surface area contributed by atoms with Crippen LogP contribution < -0.4 is 9.13 Å². The second-order valence-corrected chi connectivity index (χ2v) is 11.6. The van der Waals surface area contributed by atoms with Crippen LogP contribution in [0.3, 0.4) is 0 Å². The van der Waals surface area contributed by atoms with Crippen molar-refractivity contribution < 1.29 is 9.13 Å². The molecule has 0 atom stereocenters. The van der Waals surface area contributed by atoms with Crippen LogP contribution in [0.4, 0.5) is 0 Å². The summed E-state index contributed by atoms with van der Waals surface area (Å²) in [6.45, 7) is 11.4. The van der Waals surface area contributed by atoms with Crippen molar-refractivity contribution in [3.05, 3.63) is 109 Å². The van der Waals surface area contributed by atoms with E-state index in [9.17, 15) is 0 Å². The van der Waals surface area contributed by atoms with E-state index in [2.05, 4.69) is 134 Å². The van der Waals surface area contributed by atoms with Crippen molar-refractivity contribution >= 4 is 10.9 Å². The van der Waals surface area contributed by atoms with Gasteiger partial charge in [-0.3, -0.25) is 0 Å². The van der Waals surface area contributed by atoms with Gasteiger partial charge in [0.1, 0.15) is 13.1 Å². The highest BCUT2D eigenvalue weighted by Crippen LogP contribution is 2.51. The summed E-state index contributed by atoms with van der Waals surface area (Å²) in [5.74, 6) is 0. The largest absolute Gasteiger partial charge is 0.213 e. The molecular weight excluding hydrogens is 472 g/mol. The lowest BCUT2D eigenvalue weighted by Gasteiger charge is -2.21. The molecule has 1 aliphatic carbocycles. The molecule has 0 fully saturated rings. The normalized spacial score (nSPS) is 13.4. The molecule has 5 aromatic rings. The lowest BCUT2D eigenvalue weighted by molar-refractivity contribution is -0.696. The lowest BCUT2D eigenvalue weighted by atomic mass is 9.81. The van der Waals surface area contributed by atoms with E-state index in [1.54, 1.807) is 0 Å². The van der Waals surface area contributed by atoms with Crippen LogP contribution in [-0.2, 0) is 18.5 Å². The maximum atomic E-state index is 2.49. The zero-order valence-electron chi connectivity index (χ0n) is 23.9. The van der Waals surface area contributed by atoms with Crippen molar-refractivity contribution in [2.24, 2.45) is 0 Å². The maximum absolute atomic E-state index is 2.49. The van der Waals surface area contributed by atoms with Gasteiger partial charge in [0.2, 0.25) is 5.52 Å². The number of fused-ring (bicyclic) bond motifs is 5. The van der Waals surface area contributed by atoms with Crippen molar-refractivity contribution in [3.63, 3.8) is 0 Å². The third-order valence-electron chi connectivity index (χ3n) is 8.61.